The van der Waals surface area contributed by atoms with Gasteiger partial charge in [-0.05, 0) is 36.4 Å². The van der Waals surface area contributed by atoms with Gasteiger partial charge in [-0.1, -0.05) is 0 Å². The molecule has 2 aromatic rings. The molecule has 1 aromatic carbocycles. The second-order valence-corrected chi connectivity index (χ2v) is 3.80. The maximum atomic E-state index is 10.7. The highest BCUT2D eigenvalue weighted by molar-refractivity contribution is 7.79. The third-order valence-corrected chi connectivity index (χ3v) is 2.62. The third-order valence-electron chi connectivity index (χ3n) is 1.94. The van der Waals surface area contributed by atoms with Crippen LogP contribution in [-0.4, -0.2) is 13.3 Å². The summed E-state index contributed by atoms with van der Waals surface area (Å²) in [5.74, 6) is 0. The highest BCUT2D eigenvalue weighted by atomic mass is 32.2. The van der Waals surface area contributed by atoms with Crippen LogP contribution in [-0.2, 0) is 11.1 Å². The van der Waals surface area contributed by atoms with Gasteiger partial charge in [0.25, 0.3) is 0 Å². The fraction of sp³-hybridized carbons (Fsp3) is 0. The summed E-state index contributed by atoms with van der Waals surface area (Å²) in [5, 5.41) is 0. The Hall–Kier alpha value is -1.39. The van der Waals surface area contributed by atoms with E-state index in [2.05, 4.69) is 0 Å². The van der Waals surface area contributed by atoms with Crippen molar-refractivity contribution in [1.29, 1.82) is 0 Å². The summed E-state index contributed by atoms with van der Waals surface area (Å²) in [4.78, 5) is 0.418. The predicted octanol–water partition coefficient (Wildman–Crippen LogP) is 2.06. The van der Waals surface area contributed by atoms with E-state index in [1.54, 1.807) is 12.1 Å². The van der Waals surface area contributed by atoms with Crippen molar-refractivity contribution in [2.45, 2.75) is 4.90 Å². The topological polar surface area (TPSA) is 42.2 Å². The van der Waals surface area contributed by atoms with Gasteiger partial charge in [0.1, 0.15) is 0 Å². The number of rotatable bonds is 2. The molecule has 1 atom stereocenters. The molecule has 0 saturated heterocycles. The summed E-state index contributed by atoms with van der Waals surface area (Å²) in [5.41, 5.74) is 0.976. The first-order chi connectivity index (χ1) is 6.77. The summed E-state index contributed by atoms with van der Waals surface area (Å²) in [6.07, 6.45) is 3.84. The third kappa shape index (κ3) is 1.76. The van der Waals surface area contributed by atoms with Crippen molar-refractivity contribution in [2.75, 3.05) is 0 Å². The Labute approximate surface area is 84.3 Å². The molecular weight excluding hydrogens is 198 g/mol. The predicted molar refractivity (Wildman–Crippen MR) is 54.8 cm³/mol. The van der Waals surface area contributed by atoms with Crippen LogP contribution in [0.4, 0.5) is 0 Å². The highest BCUT2D eigenvalue weighted by Crippen LogP contribution is 2.11. The van der Waals surface area contributed by atoms with Gasteiger partial charge in [0.05, 0.1) is 4.90 Å². The molecule has 1 N–H and O–H groups in total. The molecule has 4 heteroatoms. The Kier molecular flexibility index (Phi) is 2.47. The largest absolute Gasteiger partial charge is 0.324 e. The van der Waals surface area contributed by atoms with Gasteiger partial charge >= 0.3 is 0 Å². The zero-order chi connectivity index (χ0) is 9.97. The molecule has 14 heavy (non-hydrogen) atoms. The molecule has 0 aliphatic carbocycles. The van der Waals surface area contributed by atoms with Crippen LogP contribution in [0.15, 0.2) is 53.7 Å². The van der Waals surface area contributed by atoms with Gasteiger partial charge in [-0.3, -0.25) is 0 Å². The van der Waals surface area contributed by atoms with Crippen molar-refractivity contribution in [3.8, 4) is 5.69 Å². The number of nitrogens with zero attached hydrogens (tertiary/aromatic N) is 1. The van der Waals surface area contributed by atoms with E-state index in [0.717, 1.165) is 5.69 Å². The lowest BCUT2D eigenvalue weighted by Gasteiger charge is -2.02. The Morgan fingerprint density at radius 2 is 1.64 bits per heavy atom. The van der Waals surface area contributed by atoms with Crippen molar-refractivity contribution in [3.05, 3.63) is 48.8 Å². The van der Waals surface area contributed by atoms with Gasteiger partial charge < -0.3 is 9.12 Å². The van der Waals surface area contributed by atoms with Crippen molar-refractivity contribution in [2.24, 2.45) is 0 Å². The van der Waals surface area contributed by atoms with Gasteiger partial charge in [0, 0.05) is 18.1 Å². The van der Waals surface area contributed by atoms with Crippen LogP contribution >= 0.6 is 0 Å². The fourth-order valence-corrected chi connectivity index (χ4v) is 1.61. The highest BCUT2D eigenvalue weighted by Gasteiger charge is 1.99. The standard InChI is InChI=1S/C10H9NO2S/c12-14(13)10-5-3-9(4-6-10)11-7-1-2-8-11/h1-8H,(H,12,13). The maximum absolute atomic E-state index is 10.7. The van der Waals surface area contributed by atoms with Crippen molar-refractivity contribution in [3.63, 3.8) is 0 Å². The zero-order valence-corrected chi connectivity index (χ0v) is 8.15. The van der Waals surface area contributed by atoms with E-state index in [1.807, 2.05) is 41.2 Å². The molecule has 0 fully saturated rings. The number of aromatic nitrogens is 1. The van der Waals surface area contributed by atoms with Crippen molar-refractivity contribution >= 4 is 11.1 Å². The van der Waals surface area contributed by atoms with Crippen molar-refractivity contribution in [1.82, 2.24) is 4.57 Å². The van der Waals surface area contributed by atoms with E-state index in [1.165, 1.54) is 0 Å². The van der Waals surface area contributed by atoms with Gasteiger partial charge in [-0.2, -0.15) is 0 Å². The van der Waals surface area contributed by atoms with E-state index in [4.69, 9.17) is 4.55 Å². The summed E-state index contributed by atoms with van der Waals surface area (Å²) >= 11 is -1.89. The smallest absolute Gasteiger partial charge is 0.186 e. The molecule has 1 heterocycles. The molecule has 0 saturated carbocycles. The van der Waals surface area contributed by atoms with Crippen LogP contribution in [0.5, 0.6) is 0 Å². The monoisotopic (exact) mass is 207 g/mol. The zero-order valence-electron chi connectivity index (χ0n) is 7.33. The summed E-state index contributed by atoms with van der Waals surface area (Å²) in [6.45, 7) is 0. The molecule has 1 unspecified atom stereocenters. The molecule has 0 spiro atoms. The summed E-state index contributed by atoms with van der Waals surface area (Å²) in [6, 6.07) is 10.8. The van der Waals surface area contributed by atoms with Gasteiger partial charge in [-0.15, -0.1) is 0 Å². The van der Waals surface area contributed by atoms with Crippen LogP contribution in [0.3, 0.4) is 0 Å². The van der Waals surface area contributed by atoms with Crippen LogP contribution in [0.2, 0.25) is 0 Å². The average Bonchev–Trinajstić information content (AvgIpc) is 2.71. The fourth-order valence-electron chi connectivity index (χ4n) is 1.24. The Morgan fingerprint density at radius 1 is 1.07 bits per heavy atom. The van der Waals surface area contributed by atoms with E-state index < -0.39 is 11.1 Å². The molecule has 72 valence electrons. The molecule has 0 bridgehead atoms. The van der Waals surface area contributed by atoms with Gasteiger partial charge in [-0.25, -0.2) is 4.21 Å². The summed E-state index contributed by atoms with van der Waals surface area (Å²) in [7, 11) is 0. The van der Waals surface area contributed by atoms with E-state index in [9.17, 15) is 4.21 Å². The lowest BCUT2D eigenvalue weighted by atomic mass is 10.3. The first-order valence-corrected chi connectivity index (χ1v) is 5.22. The van der Waals surface area contributed by atoms with Crippen LogP contribution in [0.1, 0.15) is 0 Å². The average molecular weight is 207 g/mol. The molecule has 0 amide bonds. The van der Waals surface area contributed by atoms with E-state index in [-0.39, 0.29) is 0 Å². The maximum Gasteiger partial charge on any atom is 0.186 e. The van der Waals surface area contributed by atoms with Gasteiger partial charge in [0.15, 0.2) is 11.1 Å². The molecule has 0 radical (unpaired) electrons. The van der Waals surface area contributed by atoms with E-state index in [0.29, 0.717) is 4.90 Å². The Morgan fingerprint density at radius 3 is 2.14 bits per heavy atom. The van der Waals surface area contributed by atoms with E-state index >= 15 is 0 Å². The number of benzene rings is 1. The first-order valence-electron chi connectivity index (χ1n) is 4.11. The van der Waals surface area contributed by atoms with Crippen LogP contribution in [0.25, 0.3) is 5.69 Å². The normalized spacial score (nSPS) is 12.6. The molecule has 3 nitrogen and oxygen atoms in total. The quantitative estimate of drug-likeness (QED) is 0.766. The first kappa shape index (κ1) is 9.18. The molecule has 0 aliphatic heterocycles. The Bertz CT molecular complexity index is 434. The SMILES string of the molecule is O=S(O)c1ccc(-n2cccc2)cc1. The minimum absolute atomic E-state index is 0.418. The molecule has 2 rings (SSSR count). The number of hydrogen-bond donors (Lipinski definition) is 1. The number of hydrogen-bond acceptors (Lipinski definition) is 1. The molecule has 0 aliphatic rings. The molecule has 1 aromatic heterocycles. The van der Waals surface area contributed by atoms with Crippen molar-refractivity contribution < 1.29 is 8.76 Å². The van der Waals surface area contributed by atoms with Crippen LogP contribution < -0.4 is 0 Å². The minimum Gasteiger partial charge on any atom is -0.324 e. The van der Waals surface area contributed by atoms with Gasteiger partial charge in [0.2, 0.25) is 0 Å². The second kappa shape index (κ2) is 3.77. The summed E-state index contributed by atoms with van der Waals surface area (Å²) < 4.78 is 21.4. The lowest BCUT2D eigenvalue weighted by Crippen LogP contribution is -1.91. The Balaban J connectivity index is 2.36. The second-order valence-electron chi connectivity index (χ2n) is 2.83. The van der Waals surface area contributed by atoms with Crippen LogP contribution in [0, 0.1) is 0 Å². The lowest BCUT2D eigenvalue weighted by molar-refractivity contribution is 0.564. The minimum atomic E-state index is -1.89. The molecular formula is C10H9NO2S.